The van der Waals surface area contributed by atoms with Gasteiger partial charge in [-0.1, -0.05) is 24.3 Å². The Labute approximate surface area is 170 Å². The molecule has 1 aliphatic carbocycles. The van der Waals surface area contributed by atoms with Crippen LogP contribution < -0.4 is 14.8 Å². The predicted molar refractivity (Wildman–Crippen MR) is 112 cm³/mol. The van der Waals surface area contributed by atoms with Crippen LogP contribution in [0.3, 0.4) is 0 Å². The number of hydrogen-bond donors (Lipinski definition) is 1. The minimum atomic E-state index is -0.195. The number of aromatic nitrogens is 1. The molecule has 1 saturated carbocycles. The quantitative estimate of drug-likeness (QED) is 0.602. The van der Waals surface area contributed by atoms with Crippen molar-refractivity contribution < 1.29 is 14.3 Å². The van der Waals surface area contributed by atoms with Crippen LogP contribution in [-0.4, -0.2) is 17.0 Å². The molecule has 1 aromatic heterocycles. The number of nitrogens with zero attached hydrogens (tertiary/aromatic N) is 1. The van der Waals surface area contributed by atoms with Gasteiger partial charge in [0.25, 0.3) is 5.91 Å². The fourth-order valence-corrected chi connectivity index (χ4v) is 3.43. The molecule has 4 rings (SSSR count). The summed E-state index contributed by atoms with van der Waals surface area (Å²) in [5.41, 5.74) is 2.19. The summed E-state index contributed by atoms with van der Waals surface area (Å²) in [6.45, 7) is 0.400. The minimum absolute atomic E-state index is 0.195. The molecule has 29 heavy (non-hydrogen) atoms. The summed E-state index contributed by atoms with van der Waals surface area (Å²) in [7, 11) is 0. The number of carbonyl (C=O) groups excluding carboxylic acids is 1. The lowest BCUT2D eigenvalue weighted by Gasteiger charge is -2.17. The van der Waals surface area contributed by atoms with Crippen LogP contribution in [0.25, 0.3) is 0 Å². The van der Waals surface area contributed by atoms with E-state index in [9.17, 15) is 4.79 Å². The Morgan fingerprint density at radius 2 is 1.90 bits per heavy atom. The fourth-order valence-electron chi connectivity index (χ4n) is 3.43. The third kappa shape index (κ3) is 5.13. The van der Waals surface area contributed by atoms with Crippen LogP contribution >= 0.6 is 0 Å². The smallest absolute Gasteiger partial charge is 0.255 e. The number of rotatable bonds is 7. The van der Waals surface area contributed by atoms with Crippen molar-refractivity contribution in [2.24, 2.45) is 0 Å². The number of carbonyl (C=O) groups is 1. The van der Waals surface area contributed by atoms with Gasteiger partial charge < -0.3 is 14.8 Å². The maximum absolute atomic E-state index is 12.8. The molecule has 0 radical (unpaired) electrons. The summed E-state index contributed by atoms with van der Waals surface area (Å²) < 4.78 is 11.9. The van der Waals surface area contributed by atoms with E-state index in [1.807, 2.05) is 48.5 Å². The molecule has 0 atom stereocenters. The number of para-hydroxylation sites is 2. The third-order valence-corrected chi connectivity index (χ3v) is 4.96. The topological polar surface area (TPSA) is 60.5 Å². The average molecular weight is 388 g/mol. The normalized spacial score (nSPS) is 13.8. The number of hydrogen-bond acceptors (Lipinski definition) is 4. The van der Waals surface area contributed by atoms with E-state index in [1.165, 1.54) is 12.8 Å². The zero-order valence-electron chi connectivity index (χ0n) is 16.2. The molecular weight excluding hydrogens is 364 g/mol. The standard InChI is InChI=1S/C24H24N2O3/c27-24(26-22-12-3-4-13-23(22)29-20-9-1-2-10-20)19-8-5-11-21(15-19)28-17-18-7-6-14-25-16-18/h3-8,11-16,20H,1-2,9-10,17H2,(H,26,27). The highest BCUT2D eigenvalue weighted by Crippen LogP contribution is 2.30. The van der Waals surface area contributed by atoms with Gasteiger partial charge in [-0.25, -0.2) is 0 Å². The largest absolute Gasteiger partial charge is 0.489 e. The molecule has 1 amide bonds. The van der Waals surface area contributed by atoms with Crippen molar-refractivity contribution in [1.29, 1.82) is 0 Å². The monoisotopic (exact) mass is 388 g/mol. The number of pyridine rings is 1. The second-order valence-corrected chi connectivity index (χ2v) is 7.15. The van der Waals surface area contributed by atoms with Gasteiger partial charge in [-0.15, -0.1) is 0 Å². The fraction of sp³-hybridized carbons (Fsp3) is 0.250. The molecule has 0 bridgehead atoms. The van der Waals surface area contributed by atoms with E-state index in [0.717, 1.165) is 24.2 Å². The molecule has 3 aromatic rings. The first-order valence-electron chi connectivity index (χ1n) is 9.97. The molecule has 0 saturated heterocycles. The van der Waals surface area contributed by atoms with Gasteiger partial charge in [-0.3, -0.25) is 9.78 Å². The maximum Gasteiger partial charge on any atom is 0.255 e. The molecule has 0 spiro atoms. The van der Waals surface area contributed by atoms with Gasteiger partial charge in [0.1, 0.15) is 18.1 Å². The van der Waals surface area contributed by atoms with E-state index in [1.54, 1.807) is 24.5 Å². The van der Waals surface area contributed by atoms with Crippen molar-refractivity contribution in [3.63, 3.8) is 0 Å². The Morgan fingerprint density at radius 1 is 1.03 bits per heavy atom. The Morgan fingerprint density at radius 3 is 2.72 bits per heavy atom. The number of benzene rings is 2. The highest BCUT2D eigenvalue weighted by Gasteiger charge is 2.18. The summed E-state index contributed by atoms with van der Waals surface area (Å²) >= 11 is 0. The van der Waals surface area contributed by atoms with Crippen molar-refractivity contribution in [3.8, 4) is 11.5 Å². The van der Waals surface area contributed by atoms with Gasteiger partial charge in [0.2, 0.25) is 0 Å². The van der Waals surface area contributed by atoms with Crippen molar-refractivity contribution in [3.05, 3.63) is 84.2 Å². The Hall–Kier alpha value is -3.34. The summed E-state index contributed by atoms with van der Waals surface area (Å²) in [4.78, 5) is 16.9. The summed E-state index contributed by atoms with van der Waals surface area (Å²) in [5.74, 6) is 1.16. The van der Waals surface area contributed by atoms with E-state index in [2.05, 4.69) is 10.3 Å². The molecule has 0 aliphatic heterocycles. The van der Waals surface area contributed by atoms with E-state index in [4.69, 9.17) is 9.47 Å². The summed E-state index contributed by atoms with van der Waals surface area (Å²) in [6.07, 6.45) is 8.26. The van der Waals surface area contributed by atoms with Crippen LogP contribution in [-0.2, 0) is 6.61 Å². The Bertz CT molecular complexity index is 953. The van der Waals surface area contributed by atoms with Gasteiger partial charge in [0.05, 0.1) is 11.8 Å². The lowest BCUT2D eigenvalue weighted by Crippen LogP contribution is -2.16. The van der Waals surface area contributed by atoms with Gasteiger partial charge >= 0.3 is 0 Å². The zero-order valence-corrected chi connectivity index (χ0v) is 16.2. The lowest BCUT2D eigenvalue weighted by atomic mass is 10.2. The SMILES string of the molecule is O=C(Nc1ccccc1OC1CCCC1)c1cccc(OCc2cccnc2)c1. The predicted octanol–water partition coefficient (Wildman–Crippen LogP) is 5.23. The maximum atomic E-state index is 12.8. The van der Waals surface area contributed by atoms with Crippen molar-refractivity contribution in [2.75, 3.05) is 5.32 Å². The molecule has 148 valence electrons. The van der Waals surface area contributed by atoms with Gasteiger partial charge in [-0.2, -0.15) is 0 Å². The zero-order chi connectivity index (χ0) is 19.9. The number of ether oxygens (including phenoxy) is 2. The Kier molecular flexibility index (Phi) is 6.05. The summed E-state index contributed by atoms with van der Waals surface area (Å²) in [5, 5.41) is 2.97. The van der Waals surface area contributed by atoms with Crippen LogP contribution in [0.5, 0.6) is 11.5 Å². The molecule has 1 heterocycles. The number of amides is 1. The highest BCUT2D eigenvalue weighted by molar-refractivity contribution is 6.05. The van der Waals surface area contributed by atoms with Gasteiger partial charge in [0, 0.05) is 23.5 Å². The lowest BCUT2D eigenvalue weighted by molar-refractivity contribution is 0.102. The number of nitrogens with one attached hydrogen (secondary N) is 1. The third-order valence-electron chi connectivity index (χ3n) is 4.96. The minimum Gasteiger partial charge on any atom is -0.489 e. The first-order valence-corrected chi connectivity index (χ1v) is 9.97. The molecule has 1 N–H and O–H groups in total. The van der Waals surface area contributed by atoms with Crippen molar-refractivity contribution in [2.45, 2.75) is 38.4 Å². The summed E-state index contributed by atoms with van der Waals surface area (Å²) in [6, 6.07) is 18.6. The molecule has 1 fully saturated rings. The first kappa shape index (κ1) is 19.0. The van der Waals surface area contributed by atoms with Crippen molar-refractivity contribution in [1.82, 2.24) is 4.98 Å². The molecule has 5 heteroatoms. The molecule has 1 aliphatic rings. The second kappa shape index (κ2) is 9.24. The van der Waals surface area contributed by atoms with Crippen LogP contribution in [0, 0.1) is 0 Å². The number of anilines is 1. The van der Waals surface area contributed by atoms with Crippen LogP contribution in [0.2, 0.25) is 0 Å². The van der Waals surface area contributed by atoms with E-state index < -0.39 is 0 Å². The molecule has 5 nitrogen and oxygen atoms in total. The second-order valence-electron chi connectivity index (χ2n) is 7.15. The van der Waals surface area contributed by atoms with E-state index >= 15 is 0 Å². The highest BCUT2D eigenvalue weighted by atomic mass is 16.5. The van der Waals surface area contributed by atoms with Crippen LogP contribution in [0.15, 0.2) is 73.1 Å². The van der Waals surface area contributed by atoms with Crippen molar-refractivity contribution >= 4 is 11.6 Å². The Balaban J connectivity index is 1.42. The van der Waals surface area contributed by atoms with Crippen LogP contribution in [0.4, 0.5) is 5.69 Å². The van der Waals surface area contributed by atoms with Gasteiger partial charge in [0.15, 0.2) is 0 Å². The first-order chi connectivity index (χ1) is 14.3. The van der Waals surface area contributed by atoms with Crippen LogP contribution in [0.1, 0.15) is 41.6 Å². The average Bonchev–Trinajstić information content (AvgIpc) is 3.28. The molecule has 2 aromatic carbocycles. The molecular formula is C24H24N2O3. The van der Waals surface area contributed by atoms with E-state index in [0.29, 0.717) is 23.6 Å². The van der Waals surface area contributed by atoms with Gasteiger partial charge in [-0.05, 0) is 62.1 Å². The van der Waals surface area contributed by atoms with E-state index in [-0.39, 0.29) is 12.0 Å². The molecule has 0 unspecified atom stereocenters.